The first-order valence-electron chi connectivity index (χ1n) is 5.47. The fourth-order valence-corrected chi connectivity index (χ4v) is 2.87. The lowest BCUT2D eigenvalue weighted by atomic mass is 10.2. The number of aromatic nitrogens is 1. The highest BCUT2D eigenvalue weighted by Gasteiger charge is 2.18. The summed E-state index contributed by atoms with van der Waals surface area (Å²) in [7, 11) is 0. The summed E-state index contributed by atoms with van der Waals surface area (Å²) < 4.78 is 0. The normalized spacial score (nSPS) is 16.6. The van der Waals surface area contributed by atoms with Crippen LogP contribution in [-0.4, -0.2) is 40.4 Å². The fourth-order valence-electron chi connectivity index (χ4n) is 1.77. The van der Waals surface area contributed by atoms with Gasteiger partial charge in [0.2, 0.25) is 0 Å². The Bertz CT molecular complexity index is 399. The van der Waals surface area contributed by atoms with Gasteiger partial charge in [0.1, 0.15) is 11.0 Å². The Kier molecular flexibility index (Phi) is 4.12. The van der Waals surface area contributed by atoms with Crippen LogP contribution in [0.2, 0.25) is 5.15 Å². The summed E-state index contributed by atoms with van der Waals surface area (Å²) in [4.78, 5) is 17.9. The van der Waals surface area contributed by atoms with Crippen LogP contribution in [-0.2, 0) is 0 Å². The van der Waals surface area contributed by atoms with Gasteiger partial charge in [-0.3, -0.25) is 4.79 Å². The zero-order valence-electron chi connectivity index (χ0n) is 9.36. The van der Waals surface area contributed by atoms with Crippen molar-refractivity contribution < 1.29 is 4.79 Å². The van der Waals surface area contributed by atoms with Gasteiger partial charge in [-0.25, -0.2) is 4.98 Å². The van der Waals surface area contributed by atoms with Crippen molar-refractivity contribution in [2.75, 3.05) is 30.3 Å². The number of pyridine rings is 1. The van der Waals surface area contributed by atoms with Crippen LogP contribution in [0.25, 0.3) is 0 Å². The Labute approximate surface area is 110 Å². The van der Waals surface area contributed by atoms with Crippen molar-refractivity contribution >= 4 is 35.1 Å². The first kappa shape index (κ1) is 12.5. The van der Waals surface area contributed by atoms with E-state index in [4.69, 9.17) is 17.3 Å². The van der Waals surface area contributed by atoms with Crippen LogP contribution in [0.1, 0.15) is 16.8 Å². The summed E-state index contributed by atoms with van der Waals surface area (Å²) in [5.74, 6) is 2.37. The van der Waals surface area contributed by atoms with Crippen LogP contribution in [0, 0.1) is 0 Å². The molecule has 17 heavy (non-hydrogen) atoms. The molecule has 1 amide bonds. The topological polar surface area (TPSA) is 59.2 Å². The lowest BCUT2D eigenvalue weighted by Crippen LogP contribution is -2.33. The monoisotopic (exact) mass is 271 g/mol. The Morgan fingerprint density at radius 1 is 1.41 bits per heavy atom. The van der Waals surface area contributed by atoms with Crippen molar-refractivity contribution in [3.8, 4) is 0 Å². The largest absolute Gasteiger partial charge is 0.384 e. The predicted molar refractivity (Wildman–Crippen MR) is 71.5 cm³/mol. The maximum Gasteiger partial charge on any atom is 0.254 e. The van der Waals surface area contributed by atoms with Crippen molar-refractivity contribution in [2.24, 2.45) is 0 Å². The average molecular weight is 272 g/mol. The molecule has 2 N–H and O–H groups in total. The molecule has 92 valence electrons. The van der Waals surface area contributed by atoms with Crippen LogP contribution >= 0.6 is 23.4 Å². The lowest BCUT2D eigenvalue weighted by Gasteiger charge is -2.20. The molecule has 0 bridgehead atoms. The van der Waals surface area contributed by atoms with Gasteiger partial charge in [0.25, 0.3) is 5.91 Å². The number of carbonyl (C=O) groups excluding carboxylic acids is 1. The van der Waals surface area contributed by atoms with Crippen molar-refractivity contribution in [3.63, 3.8) is 0 Å². The second kappa shape index (κ2) is 5.60. The number of rotatable bonds is 1. The van der Waals surface area contributed by atoms with E-state index < -0.39 is 0 Å². The number of hydrogen-bond acceptors (Lipinski definition) is 4. The van der Waals surface area contributed by atoms with Gasteiger partial charge in [-0.1, -0.05) is 11.6 Å². The number of nitrogen functional groups attached to an aromatic ring is 1. The highest BCUT2D eigenvalue weighted by Crippen LogP contribution is 2.17. The second-order valence-electron chi connectivity index (χ2n) is 3.86. The maximum atomic E-state index is 12.2. The summed E-state index contributed by atoms with van der Waals surface area (Å²) in [6.07, 6.45) is 1.03. The third-order valence-electron chi connectivity index (χ3n) is 2.57. The molecule has 0 saturated carbocycles. The third kappa shape index (κ3) is 3.26. The number of halogens is 1. The molecule has 0 spiro atoms. The molecule has 1 aliphatic rings. The summed E-state index contributed by atoms with van der Waals surface area (Å²) in [5.41, 5.74) is 6.11. The lowest BCUT2D eigenvalue weighted by molar-refractivity contribution is 0.0768. The molecule has 6 heteroatoms. The molecule has 1 aliphatic heterocycles. The van der Waals surface area contributed by atoms with E-state index in [1.54, 1.807) is 12.1 Å². The fraction of sp³-hybridized carbons (Fsp3) is 0.455. The molecule has 0 radical (unpaired) electrons. The summed E-state index contributed by atoms with van der Waals surface area (Å²) in [6.45, 7) is 1.58. The number of anilines is 1. The number of nitrogens with zero attached hydrogens (tertiary/aromatic N) is 2. The molecule has 1 fully saturated rings. The van der Waals surface area contributed by atoms with E-state index in [-0.39, 0.29) is 16.9 Å². The van der Waals surface area contributed by atoms with Gasteiger partial charge >= 0.3 is 0 Å². The molecule has 0 unspecified atom stereocenters. The number of amides is 1. The average Bonchev–Trinajstić information content (AvgIpc) is 2.55. The smallest absolute Gasteiger partial charge is 0.254 e. The van der Waals surface area contributed by atoms with E-state index in [1.807, 2.05) is 16.7 Å². The number of nitrogens with two attached hydrogens (primary N) is 1. The van der Waals surface area contributed by atoms with Gasteiger partial charge in [-0.05, 0) is 24.3 Å². The quantitative estimate of drug-likeness (QED) is 0.793. The van der Waals surface area contributed by atoms with E-state index in [9.17, 15) is 4.79 Å². The van der Waals surface area contributed by atoms with Gasteiger partial charge < -0.3 is 10.6 Å². The minimum Gasteiger partial charge on any atom is -0.384 e. The highest BCUT2D eigenvalue weighted by molar-refractivity contribution is 7.99. The number of hydrogen-bond donors (Lipinski definition) is 1. The maximum absolute atomic E-state index is 12.2. The van der Waals surface area contributed by atoms with E-state index in [0.717, 1.165) is 31.0 Å². The standard InChI is InChI=1S/C11H14ClN3OS/c12-9-6-8(7-10(13)14-9)11(16)15-2-1-4-17-5-3-15/h6-7H,1-5H2,(H2,13,14). The van der Waals surface area contributed by atoms with Gasteiger partial charge in [0, 0.05) is 24.4 Å². The van der Waals surface area contributed by atoms with Crippen molar-refractivity contribution in [1.82, 2.24) is 9.88 Å². The summed E-state index contributed by atoms with van der Waals surface area (Å²) >= 11 is 7.68. The van der Waals surface area contributed by atoms with E-state index >= 15 is 0 Å². The number of thioether (sulfide) groups is 1. The Morgan fingerprint density at radius 2 is 2.24 bits per heavy atom. The van der Waals surface area contributed by atoms with Gasteiger partial charge in [-0.2, -0.15) is 11.8 Å². The summed E-state index contributed by atoms with van der Waals surface area (Å²) in [5, 5.41) is 0.262. The second-order valence-corrected chi connectivity index (χ2v) is 5.47. The molecule has 1 aromatic rings. The zero-order valence-corrected chi connectivity index (χ0v) is 10.9. The number of carbonyl (C=O) groups is 1. The van der Waals surface area contributed by atoms with Crippen LogP contribution in [0.15, 0.2) is 12.1 Å². The van der Waals surface area contributed by atoms with Crippen molar-refractivity contribution in [3.05, 3.63) is 22.8 Å². The molecular weight excluding hydrogens is 258 g/mol. The molecule has 0 atom stereocenters. The first-order chi connectivity index (χ1) is 8.16. The van der Waals surface area contributed by atoms with Crippen molar-refractivity contribution in [1.29, 1.82) is 0 Å². The Hall–Kier alpha value is -0.940. The minimum atomic E-state index is -0.0106. The molecule has 4 nitrogen and oxygen atoms in total. The molecule has 1 saturated heterocycles. The molecule has 1 aromatic heterocycles. The van der Waals surface area contributed by atoms with Crippen molar-refractivity contribution in [2.45, 2.75) is 6.42 Å². The van der Waals surface area contributed by atoms with Crippen LogP contribution in [0.4, 0.5) is 5.82 Å². The minimum absolute atomic E-state index is 0.0106. The molecule has 0 aromatic carbocycles. The van der Waals surface area contributed by atoms with E-state index in [2.05, 4.69) is 4.98 Å². The van der Waals surface area contributed by atoms with Gasteiger partial charge in [-0.15, -0.1) is 0 Å². The van der Waals surface area contributed by atoms with Gasteiger partial charge in [0.05, 0.1) is 0 Å². The highest BCUT2D eigenvalue weighted by atomic mass is 35.5. The van der Waals surface area contributed by atoms with Gasteiger partial charge in [0.15, 0.2) is 0 Å². The SMILES string of the molecule is Nc1cc(C(=O)N2CCCSCC2)cc(Cl)n1. The van der Waals surface area contributed by atoms with Crippen LogP contribution < -0.4 is 5.73 Å². The summed E-state index contributed by atoms with van der Waals surface area (Å²) in [6, 6.07) is 3.14. The first-order valence-corrected chi connectivity index (χ1v) is 7.00. The molecule has 2 heterocycles. The molecule has 0 aliphatic carbocycles. The van der Waals surface area contributed by atoms with E-state index in [0.29, 0.717) is 5.56 Å². The van der Waals surface area contributed by atoms with Crippen LogP contribution in [0.3, 0.4) is 0 Å². The van der Waals surface area contributed by atoms with Crippen LogP contribution in [0.5, 0.6) is 0 Å². The molecule has 2 rings (SSSR count). The third-order valence-corrected chi connectivity index (χ3v) is 3.81. The van der Waals surface area contributed by atoms with E-state index in [1.165, 1.54) is 0 Å². The zero-order chi connectivity index (χ0) is 12.3. The molecular formula is C11H14ClN3OS. The Balaban J connectivity index is 2.17. The Morgan fingerprint density at radius 3 is 3.00 bits per heavy atom. The predicted octanol–water partition coefficient (Wildman–Crippen LogP) is 1.90.